The third-order valence-electron chi connectivity index (χ3n) is 7.81. The number of carbonyl (C=O) groups excluding carboxylic acids is 3. The quantitative estimate of drug-likeness (QED) is 0.436. The topological polar surface area (TPSA) is 92.7 Å². The summed E-state index contributed by atoms with van der Waals surface area (Å²) in [6.07, 6.45) is 4.80. The largest absolute Gasteiger partial charge is 0.379 e. The maximum Gasteiger partial charge on any atom is 0.294 e. The number of anilines is 1. The van der Waals surface area contributed by atoms with Crippen molar-refractivity contribution in [1.29, 1.82) is 0 Å². The number of ether oxygens (including phenoxy) is 1. The highest BCUT2D eigenvalue weighted by atomic mass is 19.1. The van der Waals surface area contributed by atoms with Crippen molar-refractivity contribution >= 4 is 23.3 Å². The first-order valence-corrected chi connectivity index (χ1v) is 13.0. The van der Waals surface area contributed by atoms with E-state index in [4.69, 9.17) is 4.74 Å². The van der Waals surface area contributed by atoms with Gasteiger partial charge in [-0.25, -0.2) is 4.39 Å². The molecule has 1 aliphatic heterocycles. The molecule has 2 aromatic rings. The van der Waals surface area contributed by atoms with E-state index in [1.165, 1.54) is 12.1 Å². The Kier molecular flexibility index (Phi) is 8.14. The number of morpholine rings is 1. The van der Waals surface area contributed by atoms with Crippen molar-refractivity contribution in [2.45, 2.75) is 58.4 Å². The van der Waals surface area contributed by atoms with Gasteiger partial charge in [-0.05, 0) is 62.9 Å². The lowest BCUT2D eigenvalue weighted by Gasteiger charge is -2.42. The van der Waals surface area contributed by atoms with E-state index in [0.29, 0.717) is 47.8 Å². The van der Waals surface area contributed by atoms with Crippen LogP contribution in [-0.4, -0.2) is 65.5 Å². The minimum Gasteiger partial charge on any atom is -0.379 e. The second-order valence-corrected chi connectivity index (χ2v) is 10.4. The average molecular weight is 513 g/mol. The number of carbonyl (C=O) groups is 3. The summed E-state index contributed by atoms with van der Waals surface area (Å²) >= 11 is 0. The smallest absolute Gasteiger partial charge is 0.294 e. The molecule has 1 saturated heterocycles. The molecule has 37 heavy (non-hydrogen) atoms. The van der Waals surface area contributed by atoms with Gasteiger partial charge in [0.2, 0.25) is 0 Å². The van der Waals surface area contributed by atoms with Crippen molar-refractivity contribution in [1.82, 2.24) is 14.8 Å². The van der Waals surface area contributed by atoms with Crippen LogP contribution in [0.25, 0.3) is 0 Å². The van der Waals surface area contributed by atoms with Crippen molar-refractivity contribution in [3.05, 3.63) is 52.1 Å². The summed E-state index contributed by atoms with van der Waals surface area (Å²) in [6, 6.07) is 4.34. The van der Waals surface area contributed by atoms with E-state index >= 15 is 0 Å². The summed E-state index contributed by atoms with van der Waals surface area (Å²) in [6.45, 7) is 8.72. The summed E-state index contributed by atoms with van der Waals surface area (Å²) < 4.78 is 20.7. The second-order valence-electron chi connectivity index (χ2n) is 10.4. The fraction of sp³-hybridized carbons (Fsp3) is 0.536. The number of ketones is 1. The van der Waals surface area contributed by atoms with Gasteiger partial charge in [-0.1, -0.05) is 19.3 Å². The van der Waals surface area contributed by atoms with E-state index in [-0.39, 0.29) is 11.5 Å². The summed E-state index contributed by atoms with van der Waals surface area (Å²) in [7, 11) is 1.69. The fourth-order valence-corrected chi connectivity index (χ4v) is 5.69. The highest BCUT2D eigenvalue weighted by Crippen LogP contribution is 2.30. The van der Waals surface area contributed by atoms with Crippen molar-refractivity contribution < 1.29 is 23.5 Å². The van der Waals surface area contributed by atoms with E-state index in [9.17, 15) is 18.8 Å². The zero-order valence-electron chi connectivity index (χ0n) is 22.2. The summed E-state index contributed by atoms with van der Waals surface area (Å²) in [5, 5.41) is 5.91. The lowest BCUT2D eigenvalue weighted by Crippen LogP contribution is -2.59. The molecule has 9 heteroatoms. The normalized spacial score (nSPS) is 17.9. The molecule has 200 valence electrons. The molecule has 2 heterocycles. The molecular formula is C28H37FN4O4. The molecule has 1 aromatic carbocycles. The molecule has 0 spiro atoms. The van der Waals surface area contributed by atoms with Crippen molar-refractivity contribution in [3.8, 4) is 0 Å². The van der Waals surface area contributed by atoms with Crippen LogP contribution >= 0.6 is 0 Å². The number of Topliss-reactive ketones (excluding diaryl/α,β-unsaturated/α-hetero) is 1. The molecule has 1 saturated carbocycles. The molecule has 8 nitrogen and oxygen atoms in total. The second kappa shape index (κ2) is 11.1. The monoisotopic (exact) mass is 512 g/mol. The van der Waals surface area contributed by atoms with E-state index in [0.717, 1.165) is 45.2 Å². The van der Waals surface area contributed by atoms with Crippen molar-refractivity contribution in [3.63, 3.8) is 0 Å². The van der Waals surface area contributed by atoms with Crippen LogP contribution in [0.1, 0.15) is 69.8 Å². The lowest BCUT2D eigenvalue weighted by molar-refractivity contribution is -0.119. The number of hydrogen-bond donors (Lipinski definition) is 2. The summed E-state index contributed by atoms with van der Waals surface area (Å²) in [5.41, 5.74) is 1.99. The standard InChI is InChI=1S/C28H37FN4O4/c1-18-16-21(8-9-22(18)29)30-26(35)23-19(2)24(32(4)20(23)3)25(34)27(36)31-28(10-6-5-7-11-28)17-33-12-14-37-15-13-33/h8-9,16H,5-7,10-15,17H2,1-4H3,(H,30,35)(H,31,36). The van der Waals surface area contributed by atoms with Crippen LogP contribution in [0.15, 0.2) is 18.2 Å². The number of halogens is 1. The summed E-state index contributed by atoms with van der Waals surface area (Å²) in [4.78, 5) is 42.3. The molecule has 2 N–H and O–H groups in total. The zero-order chi connectivity index (χ0) is 26.7. The number of nitrogens with one attached hydrogen (secondary N) is 2. The first kappa shape index (κ1) is 27.0. The molecule has 0 radical (unpaired) electrons. The molecule has 4 rings (SSSR count). The molecule has 0 atom stereocenters. The first-order valence-electron chi connectivity index (χ1n) is 13.0. The Balaban J connectivity index is 1.54. The highest BCUT2D eigenvalue weighted by Gasteiger charge is 2.38. The Labute approximate surface area is 217 Å². The number of amides is 2. The summed E-state index contributed by atoms with van der Waals surface area (Å²) in [5.74, 6) is -2.05. The van der Waals surface area contributed by atoms with Gasteiger partial charge in [0.15, 0.2) is 0 Å². The SMILES string of the molecule is Cc1cc(NC(=O)c2c(C)c(C(=O)C(=O)NC3(CN4CCOCC4)CCCCC3)n(C)c2C)ccc1F. The predicted molar refractivity (Wildman–Crippen MR) is 140 cm³/mol. The van der Waals surface area contributed by atoms with Gasteiger partial charge in [0.05, 0.1) is 30.0 Å². The average Bonchev–Trinajstić information content (AvgIpc) is 3.09. The van der Waals surface area contributed by atoms with Gasteiger partial charge in [-0.15, -0.1) is 0 Å². The van der Waals surface area contributed by atoms with Crippen LogP contribution in [0.4, 0.5) is 10.1 Å². The van der Waals surface area contributed by atoms with Crippen LogP contribution in [0, 0.1) is 26.6 Å². The number of aryl methyl sites for hydroxylation is 1. The third-order valence-corrected chi connectivity index (χ3v) is 7.81. The zero-order valence-corrected chi connectivity index (χ0v) is 22.2. The maximum atomic E-state index is 13.6. The predicted octanol–water partition coefficient (Wildman–Crippen LogP) is 3.68. The molecule has 0 unspecified atom stereocenters. The van der Waals surface area contributed by atoms with E-state index in [1.54, 1.807) is 38.5 Å². The number of nitrogens with zero attached hydrogens (tertiary/aromatic N) is 2. The Bertz CT molecular complexity index is 1190. The molecule has 2 amide bonds. The number of rotatable bonds is 7. The molecular weight excluding hydrogens is 475 g/mol. The molecule has 2 aliphatic rings. The Morgan fingerprint density at radius 1 is 1.05 bits per heavy atom. The molecule has 0 bridgehead atoms. The van der Waals surface area contributed by atoms with Crippen molar-refractivity contribution in [2.75, 3.05) is 38.2 Å². The van der Waals surface area contributed by atoms with E-state index in [2.05, 4.69) is 15.5 Å². The van der Waals surface area contributed by atoms with Gasteiger partial charge < -0.3 is 19.9 Å². The molecule has 2 fully saturated rings. The van der Waals surface area contributed by atoms with Crippen LogP contribution in [0.3, 0.4) is 0 Å². The fourth-order valence-electron chi connectivity index (χ4n) is 5.69. The lowest BCUT2D eigenvalue weighted by atomic mass is 9.80. The van der Waals surface area contributed by atoms with Gasteiger partial charge in [-0.3, -0.25) is 19.3 Å². The van der Waals surface area contributed by atoms with Crippen LogP contribution in [-0.2, 0) is 16.6 Å². The van der Waals surface area contributed by atoms with Crippen molar-refractivity contribution in [2.24, 2.45) is 7.05 Å². The van der Waals surface area contributed by atoms with Gasteiger partial charge in [0.25, 0.3) is 17.6 Å². The molecule has 1 aromatic heterocycles. The Hall–Kier alpha value is -3.04. The Morgan fingerprint density at radius 3 is 2.38 bits per heavy atom. The van der Waals surface area contributed by atoms with E-state index in [1.807, 2.05) is 0 Å². The van der Waals surface area contributed by atoms with Gasteiger partial charge in [0.1, 0.15) is 5.82 Å². The number of hydrogen-bond acceptors (Lipinski definition) is 5. The van der Waals surface area contributed by atoms with Crippen LogP contribution in [0.5, 0.6) is 0 Å². The Morgan fingerprint density at radius 2 is 1.73 bits per heavy atom. The van der Waals surface area contributed by atoms with Gasteiger partial charge in [-0.2, -0.15) is 0 Å². The first-order chi connectivity index (χ1) is 17.6. The minimum atomic E-state index is -0.647. The van der Waals surface area contributed by atoms with Crippen LogP contribution < -0.4 is 10.6 Å². The molecule has 1 aliphatic carbocycles. The van der Waals surface area contributed by atoms with Gasteiger partial charge >= 0.3 is 0 Å². The van der Waals surface area contributed by atoms with E-state index < -0.39 is 23.1 Å². The van der Waals surface area contributed by atoms with Crippen LogP contribution in [0.2, 0.25) is 0 Å². The maximum absolute atomic E-state index is 13.6. The number of aromatic nitrogens is 1. The highest BCUT2D eigenvalue weighted by molar-refractivity contribution is 6.43. The third kappa shape index (κ3) is 5.78. The minimum absolute atomic E-state index is 0.202. The van der Waals surface area contributed by atoms with Gasteiger partial charge in [0, 0.05) is 38.1 Å². The number of benzene rings is 1.